The van der Waals surface area contributed by atoms with E-state index in [1.807, 2.05) is 0 Å². The van der Waals surface area contributed by atoms with E-state index >= 15 is 0 Å². The molecule has 0 spiro atoms. The molecule has 4 heteroatoms. The molecule has 0 bridgehead atoms. The number of rotatable bonds is 0. The van der Waals surface area contributed by atoms with Gasteiger partial charge in [0.05, 0.1) is 0 Å². The van der Waals surface area contributed by atoms with Crippen molar-refractivity contribution < 1.29 is 13.6 Å². The number of hydrogen-bond donors (Lipinski definition) is 0. The summed E-state index contributed by atoms with van der Waals surface area (Å²) in [6, 6.07) is 0. The first-order chi connectivity index (χ1) is 1.73. The van der Waals surface area contributed by atoms with Crippen molar-refractivity contribution in [2.45, 2.75) is 0 Å². The minimum atomic E-state index is -2.83. The van der Waals surface area contributed by atoms with Gasteiger partial charge in [-0.1, -0.05) is 0 Å². The zero-order chi connectivity index (χ0) is 3.58. The topological polar surface area (TPSA) is 17.1 Å². The minimum absolute atomic E-state index is 0. The zero-order valence-corrected chi connectivity index (χ0v) is 1.66. The Morgan fingerprint density at radius 2 is 1.40 bits per heavy atom. The number of halogens is 2. The SMILES string of the molecule is O=C(F)F.[NaH]. The van der Waals surface area contributed by atoms with Crippen LogP contribution in [-0.2, 0) is 0 Å². The molecule has 0 radical (unpaired) electrons. The molecule has 0 unspecified atom stereocenters. The van der Waals surface area contributed by atoms with Crippen molar-refractivity contribution in [2.24, 2.45) is 0 Å². The first-order valence-electron chi connectivity index (χ1n) is 0.582. The third-order valence-corrected chi connectivity index (χ3v) is 0. The van der Waals surface area contributed by atoms with Gasteiger partial charge in [0.25, 0.3) is 0 Å². The second-order valence-electron chi connectivity index (χ2n) is 0.226. The molecule has 0 saturated heterocycles. The van der Waals surface area contributed by atoms with Gasteiger partial charge >= 0.3 is 35.8 Å². The van der Waals surface area contributed by atoms with Gasteiger partial charge in [0.2, 0.25) is 0 Å². The summed E-state index contributed by atoms with van der Waals surface area (Å²) in [5.74, 6) is 0. The predicted octanol–water partition coefficient (Wildman–Crippen LogP) is 0.397. The first-order valence-corrected chi connectivity index (χ1v) is 0.582. The van der Waals surface area contributed by atoms with E-state index in [2.05, 4.69) is 0 Å². The fraction of sp³-hybridized carbons (Fsp3) is 0. The van der Waals surface area contributed by atoms with Gasteiger partial charge in [-0.05, 0) is 0 Å². The molecular formula is CHF2NaO. The van der Waals surface area contributed by atoms with Crippen molar-refractivity contribution in [1.82, 2.24) is 0 Å². The molecule has 0 N–H and O–H groups in total. The van der Waals surface area contributed by atoms with Crippen molar-refractivity contribution in [3.8, 4) is 0 Å². The van der Waals surface area contributed by atoms with Crippen LogP contribution in [-0.4, -0.2) is 35.8 Å². The molecule has 0 aromatic heterocycles. The van der Waals surface area contributed by atoms with E-state index in [-0.39, 0.29) is 29.6 Å². The van der Waals surface area contributed by atoms with Gasteiger partial charge in [0, 0.05) is 0 Å². The van der Waals surface area contributed by atoms with Crippen LogP contribution >= 0.6 is 0 Å². The maximum absolute atomic E-state index is 9.69. The standard InChI is InChI=1S/CF2O.Na.H/c2-1(3)4;;. The average molecular weight is 90.0 g/mol. The van der Waals surface area contributed by atoms with Gasteiger partial charge < -0.3 is 0 Å². The van der Waals surface area contributed by atoms with Gasteiger partial charge in [0.15, 0.2) is 0 Å². The summed E-state index contributed by atoms with van der Waals surface area (Å²) in [5.41, 5.74) is 0. The molecule has 0 amide bonds. The van der Waals surface area contributed by atoms with Crippen LogP contribution in [0.3, 0.4) is 0 Å². The summed E-state index contributed by atoms with van der Waals surface area (Å²) in [6.07, 6.45) is -2.83. The molecule has 0 heterocycles. The Balaban J connectivity index is 0. The quantitative estimate of drug-likeness (QED) is 0.310. The van der Waals surface area contributed by atoms with Crippen molar-refractivity contribution in [1.29, 1.82) is 0 Å². The summed E-state index contributed by atoms with van der Waals surface area (Å²) in [7, 11) is 0. The molecule has 0 atom stereocenters. The molecule has 26 valence electrons. The van der Waals surface area contributed by atoms with Crippen molar-refractivity contribution in [2.75, 3.05) is 0 Å². The van der Waals surface area contributed by atoms with E-state index < -0.39 is 6.29 Å². The molecule has 0 aliphatic heterocycles. The van der Waals surface area contributed by atoms with Crippen LogP contribution in [0.2, 0.25) is 0 Å². The van der Waals surface area contributed by atoms with Gasteiger partial charge in [-0.2, -0.15) is 0 Å². The van der Waals surface area contributed by atoms with Crippen LogP contribution in [0, 0.1) is 0 Å². The molecule has 0 aromatic carbocycles. The molecule has 0 aromatic rings. The molecule has 0 aliphatic carbocycles. The number of carbonyl (C=O) groups is 1. The molecule has 0 aliphatic rings. The monoisotopic (exact) mass is 90.0 g/mol. The van der Waals surface area contributed by atoms with Gasteiger partial charge in [0.1, 0.15) is 0 Å². The fourth-order valence-electron chi connectivity index (χ4n) is 0. The van der Waals surface area contributed by atoms with Gasteiger partial charge in [-0.25, -0.2) is 4.79 Å². The Kier molecular flexibility index (Phi) is 8.25. The third kappa shape index (κ3) is 103. The summed E-state index contributed by atoms with van der Waals surface area (Å²) < 4.78 is 19.4. The summed E-state index contributed by atoms with van der Waals surface area (Å²) in [4.78, 5) is 8.11. The summed E-state index contributed by atoms with van der Waals surface area (Å²) >= 11 is 0. The van der Waals surface area contributed by atoms with Crippen LogP contribution in [0.15, 0.2) is 0 Å². The first kappa shape index (κ1) is 9.11. The van der Waals surface area contributed by atoms with E-state index in [0.29, 0.717) is 0 Å². The van der Waals surface area contributed by atoms with Crippen molar-refractivity contribution in [3.63, 3.8) is 0 Å². The molecule has 0 saturated carbocycles. The summed E-state index contributed by atoms with van der Waals surface area (Å²) in [6.45, 7) is 0. The Labute approximate surface area is 49.6 Å². The molecule has 0 fully saturated rings. The summed E-state index contributed by atoms with van der Waals surface area (Å²) in [5, 5.41) is 0. The Morgan fingerprint density at radius 1 is 1.40 bits per heavy atom. The number of carbonyl (C=O) groups excluding carboxylic acids is 1. The van der Waals surface area contributed by atoms with Crippen molar-refractivity contribution in [3.05, 3.63) is 0 Å². The zero-order valence-electron chi connectivity index (χ0n) is 1.66. The van der Waals surface area contributed by atoms with E-state index in [4.69, 9.17) is 4.79 Å². The Bertz CT molecular complexity index is 32.6. The maximum atomic E-state index is 9.69. The average Bonchev–Trinajstić information content (AvgIpc) is 0.811. The number of hydrogen-bond acceptors (Lipinski definition) is 1. The van der Waals surface area contributed by atoms with E-state index in [1.54, 1.807) is 0 Å². The Morgan fingerprint density at radius 3 is 1.40 bits per heavy atom. The molecule has 1 nitrogen and oxygen atoms in total. The van der Waals surface area contributed by atoms with Crippen LogP contribution in [0.5, 0.6) is 0 Å². The van der Waals surface area contributed by atoms with Crippen LogP contribution in [0.1, 0.15) is 0 Å². The normalized spacial score (nSPS) is 5.20. The third-order valence-electron chi connectivity index (χ3n) is 0. The predicted molar refractivity (Wildman–Crippen MR) is 14.8 cm³/mol. The van der Waals surface area contributed by atoms with Crippen LogP contribution in [0.4, 0.5) is 13.6 Å². The molecule has 5 heavy (non-hydrogen) atoms. The van der Waals surface area contributed by atoms with Crippen LogP contribution in [0.25, 0.3) is 0 Å². The van der Waals surface area contributed by atoms with Crippen LogP contribution < -0.4 is 0 Å². The Hall–Kier alpha value is 0.530. The van der Waals surface area contributed by atoms with Gasteiger partial charge in [-0.15, -0.1) is 8.78 Å². The van der Waals surface area contributed by atoms with Gasteiger partial charge in [-0.3, -0.25) is 0 Å². The van der Waals surface area contributed by atoms with E-state index in [1.165, 1.54) is 0 Å². The fourth-order valence-corrected chi connectivity index (χ4v) is 0. The van der Waals surface area contributed by atoms with E-state index in [9.17, 15) is 8.78 Å². The second-order valence-corrected chi connectivity index (χ2v) is 0.226. The second kappa shape index (κ2) is 4.53. The van der Waals surface area contributed by atoms with E-state index in [0.717, 1.165) is 0 Å². The molecule has 0 rings (SSSR count). The molecular weight excluding hydrogens is 89.0 g/mol. The van der Waals surface area contributed by atoms with Crippen molar-refractivity contribution >= 4 is 35.8 Å².